The number of carbonyl (C=O) groups excluding carboxylic acids is 3. The van der Waals surface area contributed by atoms with Gasteiger partial charge >= 0.3 is 0 Å². The van der Waals surface area contributed by atoms with E-state index in [1.54, 1.807) is 25.3 Å². The molecule has 3 heterocycles. The van der Waals surface area contributed by atoms with Crippen LogP contribution in [-0.2, 0) is 24.4 Å². The number of carbonyl (C=O) groups is 3. The summed E-state index contributed by atoms with van der Waals surface area (Å²) in [6, 6.07) is 22.6. The number of aromatic nitrogens is 1. The molecule has 4 aromatic rings. The van der Waals surface area contributed by atoms with Crippen LogP contribution in [0.1, 0.15) is 51.9 Å². The first-order valence-electron chi connectivity index (χ1n) is 17.8. The number of ether oxygens (including phenoxy) is 2. The molecule has 52 heavy (non-hydrogen) atoms. The highest BCUT2D eigenvalue weighted by atomic mass is 32.2. The molecule has 7 rings (SSSR count). The molecule has 2 fully saturated rings. The lowest BCUT2D eigenvalue weighted by Crippen LogP contribution is -2.56. The predicted molar refractivity (Wildman–Crippen MR) is 196 cm³/mol. The number of amides is 3. The Kier molecular flexibility index (Phi) is 9.80. The maximum absolute atomic E-state index is 14.1. The van der Waals surface area contributed by atoms with Gasteiger partial charge in [-0.05, 0) is 49.4 Å². The summed E-state index contributed by atoms with van der Waals surface area (Å²) in [6.07, 6.45) is 4.20. The average Bonchev–Trinajstić information content (AvgIpc) is 3.67. The van der Waals surface area contributed by atoms with Crippen LogP contribution in [0.4, 0.5) is 5.69 Å². The second-order valence-electron chi connectivity index (χ2n) is 13.8. The first-order chi connectivity index (χ1) is 25.1. The average molecular weight is 726 g/mol. The lowest BCUT2D eigenvalue weighted by atomic mass is 10.0. The van der Waals surface area contributed by atoms with Crippen LogP contribution in [0.3, 0.4) is 0 Å². The quantitative estimate of drug-likeness (QED) is 0.248. The van der Waals surface area contributed by atoms with Crippen LogP contribution in [0.15, 0.2) is 83.8 Å². The zero-order chi connectivity index (χ0) is 36.5. The Balaban J connectivity index is 1.14. The molecule has 13 heteroatoms. The van der Waals surface area contributed by atoms with Gasteiger partial charge in [0.05, 0.1) is 30.6 Å². The number of fused-ring (bicyclic) bond motifs is 3. The second-order valence-corrected chi connectivity index (χ2v) is 15.5. The summed E-state index contributed by atoms with van der Waals surface area (Å²) in [5.41, 5.74) is 1.25. The van der Waals surface area contributed by atoms with Crippen LogP contribution in [0.25, 0.3) is 22.2 Å². The van der Waals surface area contributed by atoms with Crippen LogP contribution in [0.5, 0.6) is 11.5 Å². The number of hydrogen-bond donors (Lipinski definition) is 3. The molecule has 3 aliphatic rings. The van der Waals surface area contributed by atoms with E-state index in [1.165, 1.54) is 17.9 Å². The van der Waals surface area contributed by atoms with Crippen molar-refractivity contribution in [3.63, 3.8) is 0 Å². The summed E-state index contributed by atoms with van der Waals surface area (Å²) in [7, 11) is -2.67. The van der Waals surface area contributed by atoms with Gasteiger partial charge in [0, 0.05) is 43.0 Å². The van der Waals surface area contributed by atoms with E-state index in [0.29, 0.717) is 47.8 Å². The Hall–Kier alpha value is -5.17. The van der Waals surface area contributed by atoms with Crippen molar-refractivity contribution < 1.29 is 32.3 Å². The van der Waals surface area contributed by atoms with Crippen molar-refractivity contribution in [2.45, 2.75) is 74.4 Å². The molecule has 1 saturated heterocycles. The van der Waals surface area contributed by atoms with E-state index in [9.17, 15) is 22.8 Å². The van der Waals surface area contributed by atoms with E-state index < -0.39 is 39.5 Å². The number of nitrogens with zero attached hydrogens (tertiary/aromatic N) is 2. The Morgan fingerprint density at radius 2 is 1.75 bits per heavy atom. The Labute approximate surface area is 303 Å². The lowest BCUT2D eigenvalue weighted by Gasteiger charge is -2.26. The monoisotopic (exact) mass is 725 g/mol. The number of hydrogen-bond acceptors (Lipinski definition) is 9. The van der Waals surface area contributed by atoms with Crippen molar-refractivity contribution >= 4 is 44.3 Å². The van der Waals surface area contributed by atoms with Gasteiger partial charge in [0.25, 0.3) is 15.9 Å². The maximum atomic E-state index is 14.1. The molecule has 1 aromatic heterocycles. The van der Waals surface area contributed by atoms with E-state index in [1.807, 2.05) is 54.6 Å². The molecular weight excluding hydrogens is 683 g/mol. The summed E-state index contributed by atoms with van der Waals surface area (Å²) in [4.78, 5) is 47.3. The van der Waals surface area contributed by atoms with Gasteiger partial charge in [-0.2, -0.15) is 0 Å². The Morgan fingerprint density at radius 3 is 2.54 bits per heavy atom. The number of methoxy groups -OCH3 is 1. The molecule has 1 aliphatic carbocycles. The van der Waals surface area contributed by atoms with Crippen molar-refractivity contribution in [2.75, 3.05) is 25.5 Å². The number of para-hydroxylation sites is 1. The Morgan fingerprint density at radius 1 is 0.981 bits per heavy atom. The summed E-state index contributed by atoms with van der Waals surface area (Å²) in [6.45, 7) is 2.16. The summed E-state index contributed by atoms with van der Waals surface area (Å²) in [5.74, 6) is -0.651. The first kappa shape index (κ1) is 35.2. The number of nitrogens with one attached hydrogen (secondary N) is 3. The molecule has 3 aromatic carbocycles. The first-order valence-corrected chi connectivity index (χ1v) is 19.3. The van der Waals surface area contributed by atoms with Crippen molar-refractivity contribution in [2.24, 2.45) is 5.92 Å². The van der Waals surface area contributed by atoms with Crippen LogP contribution in [0.2, 0.25) is 0 Å². The normalized spacial score (nSPS) is 24.3. The fraction of sp³-hybridized carbons (Fsp3) is 0.385. The van der Waals surface area contributed by atoms with Gasteiger partial charge in [-0.15, -0.1) is 0 Å². The van der Waals surface area contributed by atoms with Crippen LogP contribution < -0.4 is 24.8 Å². The van der Waals surface area contributed by atoms with Gasteiger partial charge in [-0.25, -0.2) is 18.1 Å². The molecular formula is C39H43N5O7S. The fourth-order valence-corrected chi connectivity index (χ4v) is 8.72. The van der Waals surface area contributed by atoms with Crippen molar-refractivity contribution in [3.8, 4) is 22.8 Å². The minimum absolute atomic E-state index is 0.0323. The van der Waals surface area contributed by atoms with E-state index in [0.717, 1.165) is 36.6 Å². The largest absolute Gasteiger partial charge is 0.497 e. The van der Waals surface area contributed by atoms with Crippen LogP contribution in [-0.4, -0.2) is 73.9 Å². The van der Waals surface area contributed by atoms with Gasteiger partial charge in [0.1, 0.15) is 34.1 Å². The Bertz CT molecular complexity index is 2110. The molecule has 2 aliphatic heterocycles. The van der Waals surface area contributed by atoms with E-state index in [4.69, 9.17) is 14.5 Å². The zero-order valence-electron chi connectivity index (χ0n) is 29.3. The molecule has 12 nitrogen and oxygen atoms in total. The standard InChI is InChI=1S/C39H43N5O7S/c1-25(45)44-24-29(51-35-22-32(26-12-6-5-7-13-26)41-33-20-28(50-2)17-18-30(33)35)21-34(44)37(46)42-39-23-27(39)14-8-3-4-11-19-40-31-15-9-10-16-36(31)52(48,49)43-38(39)47/h5-7,9-10,12-13,15-18,20,22,27,29,34,40H,3-4,8,11,14,19,21,23-24H2,1-2H3,(H,42,46)(H,43,47)/t27-,29-,34+,39-/m1/s1. The summed E-state index contributed by atoms with van der Waals surface area (Å²) >= 11 is 0. The van der Waals surface area contributed by atoms with Gasteiger partial charge < -0.3 is 25.0 Å². The molecule has 0 radical (unpaired) electrons. The minimum atomic E-state index is -4.26. The highest BCUT2D eigenvalue weighted by Crippen LogP contribution is 2.48. The van der Waals surface area contributed by atoms with Crippen molar-refractivity contribution in [1.29, 1.82) is 0 Å². The zero-order valence-corrected chi connectivity index (χ0v) is 30.1. The number of benzene rings is 3. The molecule has 0 unspecified atom stereocenters. The van der Waals surface area contributed by atoms with E-state index in [2.05, 4.69) is 15.4 Å². The number of rotatable bonds is 6. The third-order valence-corrected chi connectivity index (χ3v) is 11.8. The van der Waals surface area contributed by atoms with Crippen molar-refractivity contribution in [1.82, 2.24) is 19.9 Å². The molecule has 4 atom stereocenters. The fourth-order valence-electron chi connectivity index (χ4n) is 7.49. The smallest absolute Gasteiger partial charge is 0.266 e. The molecule has 0 bridgehead atoms. The van der Waals surface area contributed by atoms with Gasteiger partial charge in [0.2, 0.25) is 11.8 Å². The molecule has 0 spiro atoms. The molecule has 272 valence electrons. The third-order valence-electron chi connectivity index (χ3n) is 10.4. The van der Waals surface area contributed by atoms with E-state index in [-0.39, 0.29) is 29.7 Å². The SMILES string of the molecule is COc1ccc2c(O[C@@H]3C[C@@H](C(=O)N[C@]45C[C@H]4CCCCCCNc4ccccc4S(=O)(=O)NC5=O)N(C(C)=O)C3)cc(-c3ccccc3)nc2c1. The van der Waals surface area contributed by atoms with Crippen LogP contribution in [0, 0.1) is 5.92 Å². The summed E-state index contributed by atoms with van der Waals surface area (Å²) in [5, 5.41) is 6.88. The number of likely N-dealkylation sites (tertiary alicyclic amines) is 1. The highest BCUT2D eigenvalue weighted by molar-refractivity contribution is 7.90. The van der Waals surface area contributed by atoms with Crippen LogP contribution >= 0.6 is 0 Å². The highest BCUT2D eigenvalue weighted by Gasteiger charge is 2.62. The van der Waals surface area contributed by atoms with Crippen molar-refractivity contribution in [3.05, 3.63) is 78.9 Å². The van der Waals surface area contributed by atoms with Gasteiger partial charge in [-0.1, -0.05) is 61.7 Å². The number of pyridine rings is 1. The topological polar surface area (TPSA) is 156 Å². The predicted octanol–water partition coefficient (Wildman–Crippen LogP) is 5.03. The molecule has 3 N–H and O–H groups in total. The maximum Gasteiger partial charge on any atom is 0.266 e. The third kappa shape index (κ3) is 7.14. The minimum Gasteiger partial charge on any atom is -0.497 e. The van der Waals surface area contributed by atoms with E-state index >= 15 is 0 Å². The van der Waals surface area contributed by atoms with Gasteiger partial charge in [-0.3, -0.25) is 14.4 Å². The second kappa shape index (κ2) is 14.5. The number of anilines is 1. The lowest BCUT2D eigenvalue weighted by molar-refractivity contribution is -0.138. The summed E-state index contributed by atoms with van der Waals surface area (Å²) < 4.78 is 41.4. The number of sulfonamides is 1. The van der Waals surface area contributed by atoms with Gasteiger partial charge in [0.15, 0.2) is 0 Å². The molecule has 1 saturated carbocycles. The molecule has 3 amide bonds.